The quantitative estimate of drug-likeness (QED) is 0.843. The lowest BCUT2D eigenvalue weighted by Gasteiger charge is -2.38. The van der Waals surface area contributed by atoms with Crippen LogP contribution in [0, 0.1) is 0 Å². The monoisotopic (exact) mass is 353 g/mol. The first-order chi connectivity index (χ1) is 9.97. The third-order valence-electron chi connectivity index (χ3n) is 4.31. The van der Waals surface area contributed by atoms with E-state index in [2.05, 4.69) is 52.9 Å². The average molecular weight is 354 g/mol. The molecule has 1 aliphatic rings. The molecule has 0 bridgehead atoms. The molecule has 1 aromatic rings. The summed E-state index contributed by atoms with van der Waals surface area (Å²) in [7, 11) is 0. The molecule has 0 aliphatic heterocycles. The van der Waals surface area contributed by atoms with E-state index in [0.29, 0.717) is 12.1 Å². The zero-order valence-corrected chi connectivity index (χ0v) is 14.4. The zero-order valence-electron chi connectivity index (χ0n) is 12.8. The largest absolute Gasteiger partial charge is 0.481 e. The van der Waals surface area contributed by atoms with Gasteiger partial charge >= 0.3 is 5.97 Å². The Balaban J connectivity index is 2.02. The summed E-state index contributed by atoms with van der Waals surface area (Å²) in [6.45, 7) is 5.29. The lowest BCUT2D eigenvalue weighted by atomic mass is 9.87. The van der Waals surface area contributed by atoms with E-state index in [4.69, 9.17) is 5.11 Å². The van der Waals surface area contributed by atoms with Crippen molar-refractivity contribution < 1.29 is 9.90 Å². The number of hydrogen-bond acceptors (Lipinski definition) is 2. The minimum atomic E-state index is -0.697. The van der Waals surface area contributed by atoms with Gasteiger partial charge in [0.15, 0.2) is 0 Å². The molecule has 0 spiro atoms. The van der Waals surface area contributed by atoms with Crippen molar-refractivity contribution in [3.05, 3.63) is 33.8 Å². The maximum atomic E-state index is 10.7. The van der Waals surface area contributed by atoms with E-state index < -0.39 is 5.97 Å². The van der Waals surface area contributed by atoms with E-state index in [-0.39, 0.29) is 6.42 Å². The molecule has 2 rings (SSSR count). The first-order valence-electron chi connectivity index (χ1n) is 7.72. The van der Waals surface area contributed by atoms with Crippen molar-refractivity contribution in [2.45, 2.75) is 58.0 Å². The van der Waals surface area contributed by atoms with Crippen LogP contribution >= 0.6 is 15.9 Å². The molecular weight excluding hydrogens is 330 g/mol. The summed E-state index contributed by atoms with van der Waals surface area (Å²) in [4.78, 5) is 13.2. The van der Waals surface area contributed by atoms with Gasteiger partial charge in [-0.15, -0.1) is 0 Å². The van der Waals surface area contributed by atoms with E-state index in [1.165, 1.54) is 11.1 Å². The fourth-order valence-electron chi connectivity index (χ4n) is 3.26. The van der Waals surface area contributed by atoms with E-state index in [9.17, 15) is 4.79 Å². The molecule has 1 N–H and O–H groups in total. The Hall–Kier alpha value is -0.870. The number of hydrogen-bond donors (Lipinski definition) is 1. The van der Waals surface area contributed by atoms with Crippen LogP contribution in [-0.4, -0.2) is 34.6 Å². The molecule has 1 unspecified atom stereocenters. The Kier molecular flexibility index (Phi) is 5.82. The van der Waals surface area contributed by atoms with Crippen molar-refractivity contribution in [3.8, 4) is 0 Å². The number of aliphatic carboxylic acids is 1. The van der Waals surface area contributed by atoms with Gasteiger partial charge in [0, 0.05) is 23.0 Å². The number of rotatable bonds is 6. The fourth-order valence-corrected chi connectivity index (χ4v) is 3.67. The lowest BCUT2D eigenvalue weighted by Crippen LogP contribution is -2.44. The summed E-state index contributed by atoms with van der Waals surface area (Å²) >= 11 is 3.54. The third kappa shape index (κ3) is 4.55. The Morgan fingerprint density at radius 2 is 2.19 bits per heavy atom. The van der Waals surface area contributed by atoms with Gasteiger partial charge in [0.1, 0.15) is 0 Å². The maximum absolute atomic E-state index is 10.7. The highest BCUT2D eigenvalue weighted by atomic mass is 79.9. The van der Waals surface area contributed by atoms with Crippen LogP contribution in [0.1, 0.15) is 44.2 Å². The second-order valence-electron chi connectivity index (χ2n) is 6.14. The van der Waals surface area contributed by atoms with E-state index in [1.54, 1.807) is 0 Å². The van der Waals surface area contributed by atoms with Crippen LogP contribution in [0.2, 0.25) is 0 Å². The van der Waals surface area contributed by atoms with Crippen LogP contribution in [0.15, 0.2) is 22.7 Å². The molecule has 1 aromatic carbocycles. The maximum Gasteiger partial charge on any atom is 0.303 e. The van der Waals surface area contributed by atoms with Gasteiger partial charge < -0.3 is 5.11 Å². The summed E-state index contributed by atoms with van der Waals surface area (Å²) in [6, 6.07) is 7.57. The second kappa shape index (κ2) is 7.41. The number of carbonyl (C=O) groups is 1. The van der Waals surface area contributed by atoms with Crippen molar-refractivity contribution in [3.63, 3.8) is 0 Å². The minimum absolute atomic E-state index is 0.263. The Morgan fingerprint density at radius 3 is 2.86 bits per heavy atom. The molecule has 4 heteroatoms. The Labute approximate surface area is 135 Å². The molecule has 21 heavy (non-hydrogen) atoms. The van der Waals surface area contributed by atoms with Gasteiger partial charge in [-0.05, 0) is 69.3 Å². The number of carboxylic acids is 1. The summed E-state index contributed by atoms with van der Waals surface area (Å²) in [5, 5.41) is 8.81. The third-order valence-corrected chi connectivity index (χ3v) is 4.80. The van der Waals surface area contributed by atoms with Crippen molar-refractivity contribution in [2.24, 2.45) is 0 Å². The number of aryl methyl sites for hydroxylation is 1. The SMILES string of the molecule is CC(C)N(CCCC(=O)O)C1CCc2cc(Br)ccc2C1. The number of fused-ring (bicyclic) bond motifs is 1. The predicted molar refractivity (Wildman–Crippen MR) is 88.7 cm³/mol. The highest BCUT2D eigenvalue weighted by molar-refractivity contribution is 9.10. The summed E-state index contributed by atoms with van der Waals surface area (Å²) in [5.74, 6) is -0.697. The van der Waals surface area contributed by atoms with E-state index >= 15 is 0 Å². The summed E-state index contributed by atoms with van der Waals surface area (Å²) < 4.78 is 1.15. The number of halogens is 1. The summed E-state index contributed by atoms with van der Waals surface area (Å²) in [5.41, 5.74) is 2.90. The molecule has 0 aromatic heterocycles. The molecule has 0 fully saturated rings. The van der Waals surface area contributed by atoms with Crippen LogP contribution in [-0.2, 0) is 17.6 Å². The van der Waals surface area contributed by atoms with Crippen LogP contribution in [0.3, 0.4) is 0 Å². The lowest BCUT2D eigenvalue weighted by molar-refractivity contribution is -0.137. The highest BCUT2D eigenvalue weighted by Crippen LogP contribution is 2.28. The number of nitrogens with zero attached hydrogens (tertiary/aromatic N) is 1. The van der Waals surface area contributed by atoms with Crippen molar-refractivity contribution in [1.29, 1.82) is 0 Å². The first-order valence-corrected chi connectivity index (χ1v) is 8.51. The van der Waals surface area contributed by atoms with Gasteiger partial charge in [0.05, 0.1) is 0 Å². The average Bonchev–Trinajstić information content (AvgIpc) is 2.42. The zero-order chi connectivity index (χ0) is 15.4. The van der Waals surface area contributed by atoms with Gasteiger partial charge in [-0.2, -0.15) is 0 Å². The standard InChI is InChI=1S/C17H24BrNO2/c1-12(2)19(9-3-4-17(20)21)16-8-6-13-10-15(18)7-5-14(13)11-16/h5,7,10,12,16H,3-4,6,8-9,11H2,1-2H3,(H,20,21). The van der Waals surface area contributed by atoms with E-state index in [1.807, 2.05) is 0 Å². The Bertz CT molecular complexity index is 502. The molecule has 0 saturated carbocycles. The predicted octanol–water partition coefficient (Wildman–Crippen LogP) is 3.88. The second-order valence-corrected chi connectivity index (χ2v) is 7.05. The highest BCUT2D eigenvalue weighted by Gasteiger charge is 2.25. The van der Waals surface area contributed by atoms with E-state index in [0.717, 1.165) is 36.7 Å². The van der Waals surface area contributed by atoms with Gasteiger partial charge in [0.25, 0.3) is 0 Å². The van der Waals surface area contributed by atoms with Crippen molar-refractivity contribution in [2.75, 3.05) is 6.54 Å². The first kappa shape index (κ1) is 16.5. The molecule has 3 nitrogen and oxygen atoms in total. The minimum Gasteiger partial charge on any atom is -0.481 e. The normalized spacial score (nSPS) is 18.0. The molecule has 1 atom stereocenters. The van der Waals surface area contributed by atoms with Crippen LogP contribution in [0.4, 0.5) is 0 Å². The molecule has 0 radical (unpaired) electrons. The molecule has 0 saturated heterocycles. The number of carboxylic acid groups (broad SMARTS) is 1. The topological polar surface area (TPSA) is 40.5 Å². The molecular formula is C17H24BrNO2. The van der Waals surface area contributed by atoms with Crippen LogP contribution in [0.5, 0.6) is 0 Å². The molecule has 1 aliphatic carbocycles. The molecule has 116 valence electrons. The van der Waals surface area contributed by atoms with Gasteiger partial charge in [-0.3, -0.25) is 9.69 Å². The van der Waals surface area contributed by atoms with Crippen molar-refractivity contribution in [1.82, 2.24) is 4.90 Å². The van der Waals surface area contributed by atoms with Gasteiger partial charge in [-0.1, -0.05) is 22.0 Å². The van der Waals surface area contributed by atoms with Crippen LogP contribution < -0.4 is 0 Å². The van der Waals surface area contributed by atoms with Crippen LogP contribution in [0.25, 0.3) is 0 Å². The Morgan fingerprint density at radius 1 is 1.43 bits per heavy atom. The molecule has 0 amide bonds. The van der Waals surface area contributed by atoms with Crippen molar-refractivity contribution >= 4 is 21.9 Å². The molecule has 0 heterocycles. The van der Waals surface area contributed by atoms with Gasteiger partial charge in [0.2, 0.25) is 0 Å². The van der Waals surface area contributed by atoms with Gasteiger partial charge in [-0.25, -0.2) is 0 Å². The number of benzene rings is 1. The summed E-state index contributed by atoms with van der Waals surface area (Å²) in [6.07, 6.45) is 4.35. The smallest absolute Gasteiger partial charge is 0.303 e. The fraction of sp³-hybridized carbons (Fsp3) is 0.588.